The van der Waals surface area contributed by atoms with Gasteiger partial charge in [-0.05, 0) is 39.8 Å². The average Bonchev–Trinajstić information content (AvgIpc) is 2.31. The summed E-state index contributed by atoms with van der Waals surface area (Å²) in [6.07, 6.45) is 1.71. The van der Waals surface area contributed by atoms with Crippen LogP contribution >= 0.6 is 27.7 Å². The van der Waals surface area contributed by atoms with E-state index in [2.05, 4.69) is 36.3 Å². The van der Waals surface area contributed by atoms with Gasteiger partial charge in [0.2, 0.25) is 5.95 Å². The summed E-state index contributed by atoms with van der Waals surface area (Å²) in [4.78, 5) is 12.2. The lowest BCUT2D eigenvalue weighted by Crippen LogP contribution is -2.10. The molecule has 0 fully saturated rings. The normalized spacial score (nSPS) is 10.2. The van der Waals surface area contributed by atoms with E-state index in [4.69, 9.17) is 11.6 Å². The van der Waals surface area contributed by atoms with Gasteiger partial charge in [-0.1, -0.05) is 0 Å². The zero-order valence-corrected chi connectivity index (χ0v) is 11.0. The van der Waals surface area contributed by atoms with Crippen LogP contribution in [0, 0.1) is 0 Å². The number of halogens is 1. The summed E-state index contributed by atoms with van der Waals surface area (Å²) < 4.78 is 0.893. The van der Waals surface area contributed by atoms with Crippen molar-refractivity contribution in [3.63, 3.8) is 0 Å². The maximum absolute atomic E-state index is 5.56. The maximum atomic E-state index is 5.56. The Hall–Kier alpha value is -1.38. The summed E-state index contributed by atoms with van der Waals surface area (Å²) in [5.74, 6) is 5.91. The molecule has 8 heteroatoms. The first-order valence-corrected chi connectivity index (χ1v) is 6.19. The van der Waals surface area contributed by atoms with Crippen molar-refractivity contribution >= 4 is 39.5 Å². The van der Waals surface area contributed by atoms with Crippen molar-refractivity contribution in [2.24, 2.45) is 5.84 Å². The van der Waals surface area contributed by atoms with Crippen molar-refractivity contribution in [3.8, 4) is 0 Å². The third-order valence-electron chi connectivity index (χ3n) is 1.79. The van der Waals surface area contributed by atoms with Gasteiger partial charge in [-0.25, -0.2) is 15.8 Å². The fraction of sp³-hybridized carbons (Fsp3) is 0. The minimum atomic E-state index is 0.162. The van der Waals surface area contributed by atoms with Crippen LogP contribution in [0.25, 0.3) is 0 Å². The summed E-state index contributed by atoms with van der Waals surface area (Å²) in [7, 11) is 0. The highest BCUT2D eigenvalue weighted by Gasteiger charge is 2.07. The average molecular weight is 313 g/mol. The minimum absolute atomic E-state index is 0.162. The Labute approximate surface area is 110 Å². The molecular weight excluding hydrogens is 304 g/mol. The zero-order chi connectivity index (χ0) is 12.3. The molecule has 2 rings (SSSR count). The number of pyridine rings is 1. The molecule has 88 valence electrons. The fourth-order valence-electron chi connectivity index (χ4n) is 1.11. The van der Waals surface area contributed by atoms with Gasteiger partial charge in [-0.15, -0.1) is 0 Å². The largest absolute Gasteiger partial charge is 0.368 e. The van der Waals surface area contributed by atoms with Gasteiger partial charge in [0.1, 0.15) is 15.9 Å². The lowest BCUT2D eigenvalue weighted by molar-refractivity contribution is 1.04. The number of nitrogens with one attached hydrogen (secondary N) is 1. The summed E-state index contributed by atoms with van der Waals surface area (Å²) in [5, 5.41) is 1.47. The zero-order valence-electron chi connectivity index (χ0n) is 8.59. The van der Waals surface area contributed by atoms with E-state index in [1.807, 2.05) is 12.1 Å². The molecule has 0 amide bonds. The highest BCUT2D eigenvalue weighted by Crippen LogP contribution is 2.31. The second-order valence-corrected chi connectivity index (χ2v) is 4.85. The number of anilines is 2. The molecule has 0 aliphatic rings. The Bertz CT molecular complexity index is 535. The molecule has 0 aliphatic heterocycles. The monoisotopic (exact) mass is 312 g/mol. The van der Waals surface area contributed by atoms with Gasteiger partial charge < -0.3 is 11.2 Å². The third kappa shape index (κ3) is 3.05. The molecule has 0 saturated heterocycles. The minimum Gasteiger partial charge on any atom is -0.368 e. The van der Waals surface area contributed by atoms with Crippen LogP contribution < -0.4 is 17.0 Å². The number of hydrogen-bond acceptors (Lipinski definition) is 7. The number of nitrogens with zero attached hydrogens (tertiary/aromatic N) is 3. The second-order valence-electron chi connectivity index (χ2n) is 2.99. The summed E-state index contributed by atoms with van der Waals surface area (Å²) in [6.45, 7) is 0. The van der Waals surface area contributed by atoms with Gasteiger partial charge >= 0.3 is 0 Å². The van der Waals surface area contributed by atoms with E-state index in [-0.39, 0.29) is 5.95 Å². The summed E-state index contributed by atoms with van der Waals surface area (Å²) in [6, 6.07) is 5.44. The van der Waals surface area contributed by atoms with E-state index >= 15 is 0 Å². The van der Waals surface area contributed by atoms with E-state index in [1.54, 1.807) is 12.3 Å². The van der Waals surface area contributed by atoms with Crippen LogP contribution in [-0.2, 0) is 0 Å². The Morgan fingerprint density at radius 2 is 2.18 bits per heavy atom. The van der Waals surface area contributed by atoms with Crippen LogP contribution in [0.2, 0.25) is 0 Å². The highest BCUT2D eigenvalue weighted by atomic mass is 79.9. The molecule has 2 aromatic rings. The molecule has 0 atom stereocenters. The maximum Gasteiger partial charge on any atom is 0.223 e. The molecule has 17 heavy (non-hydrogen) atoms. The Kier molecular flexibility index (Phi) is 3.77. The van der Waals surface area contributed by atoms with Gasteiger partial charge in [-0.2, -0.15) is 4.98 Å². The third-order valence-corrected chi connectivity index (χ3v) is 3.63. The molecule has 0 saturated carbocycles. The molecule has 0 aromatic carbocycles. The number of nitrogen functional groups attached to an aromatic ring is 2. The highest BCUT2D eigenvalue weighted by molar-refractivity contribution is 9.10. The van der Waals surface area contributed by atoms with E-state index in [1.165, 1.54) is 11.8 Å². The van der Waals surface area contributed by atoms with Crippen LogP contribution in [0.1, 0.15) is 0 Å². The standard InChI is InChI=1S/C9H9BrN6S/c10-5-2-1-3-13-8(5)17-7-4-6(16-12)14-9(11)15-7/h1-4H,12H2,(H3,11,14,15,16). The summed E-state index contributed by atoms with van der Waals surface area (Å²) >= 11 is 4.78. The van der Waals surface area contributed by atoms with Gasteiger partial charge in [0.25, 0.3) is 0 Å². The Balaban J connectivity index is 2.30. The van der Waals surface area contributed by atoms with E-state index in [0.29, 0.717) is 10.8 Å². The van der Waals surface area contributed by atoms with Crippen LogP contribution in [0.15, 0.2) is 38.9 Å². The van der Waals surface area contributed by atoms with Crippen molar-refractivity contribution in [1.29, 1.82) is 0 Å². The van der Waals surface area contributed by atoms with Gasteiger partial charge in [0.05, 0.1) is 4.47 Å². The molecular formula is C9H9BrN6S. The molecule has 0 spiro atoms. The van der Waals surface area contributed by atoms with E-state index in [9.17, 15) is 0 Å². The van der Waals surface area contributed by atoms with E-state index < -0.39 is 0 Å². The van der Waals surface area contributed by atoms with Crippen molar-refractivity contribution < 1.29 is 0 Å². The first-order chi connectivity index (χ1) is 8.19. The van der Waals surface area contributed by atoms with Crippen molar-refractivity contribution in [2.45, 2.75) is 10.1 Å². The Morgan fingerprint density at radius 3 is 2.88 bits per heavy atom. The molecule has 5 N–H and O–H groups in total. The molecule has 0 unspecified atom stereocenters. The molecule has 0 aliphatic carbocycles. The first kappa shape index (κ1) is 12.1. The number of rotatable bonds is 3. The van der Waals surface area contributed by atoms with E-state index in [0.717, 1.165) is 9.50 Å². The SMILES string of the molecule is NNc1cc(Sc2ncccc2Br)nc(N)n1. The lowest BCUT2D eigenvalue weighted by Gasteiger charge is -2.05. The number of nitrogens with two attached hydrogens (primary N) is 2. The first-order valence-electron chi connectivity index (χ1n) is 4.58. The van der Waals surface area contributed by atoms with Gasteiger partial charge in [-0.3, -0.25) is 0 Å². The van der Waals surface area contributed by atoms with Crippen molar-refractivity contribution in [3.05, 3.63) is 28.9 Å². The van der Waals surface area contributed by atoms with Crippen LogP contribution in [0.4, 0.5) is 11.8 Å². The number of hydrazine groups is 1. The lowest BCUT2D eigenvalue weighted by atomic mass is 10.5. The van der Waals surface area contributed by atoms with Crippen molar-refractivity contribution in [1.82, 2.24) is 15.0 Å². The topological polar surface area (TPSA) is 103 Å². The number of aromatic nitrogens is 3. The van der Waals surface area contributed by atoms with Gasteiger partial charge in [0, 0.05) is 12.3 Å². The molecule has 6 nitrogen and oxygen atoms in total. The second kappa shape index (κ2) is 5.30. The number of hydrogen-bond donors (Lipinski definition) is 3. The van der Waals surface area contributed by atoms with Crippen LogP contribution in [0.3, 0.4) is 0 Å². The Morgan fingerprint density at radius 1 is 1.35 bits per heavy atom. The molecule has 0 radical (unpaired) electrons. The van der Waals surface area contributed by atoms with Crippen molar-refractivity contribution in [2.75, 3.05) is 11.2 Å². The molecule has 0 bridgehead atoms. The predicted octanol–water partition coefficient (Wildman–Crippen LogP) is 1.65. The molecule has 2 heterocycles. The quantitative estimate of drug-likeness (QED) is 0.450. The fourth-order valence-corrected chi connectivity index (χ4v) is 2.40. The smallest absolute Gasteiger partial charge is 0.223 e. The summed E-state index contributed by atoms with van der Waals surface area (Å²) in [5.41, 5.74) is 8.00. The molecule has 2 aromatic heterocycles. The van der Waals surface area contributed by atoms with Crippen LogP contribution in [0.5, 0.6) is 0 Å². The van der Waals surface area contributed by atoms with Crippen LogP contribution in [-0.4, -0.2) is 15.0 Å². The predicted molar refractivity (Wildman–Crippen MR) is 70.3 cm³/mol. The van der Waals surface area contributed by atoms with Gasteiger partial charge in [0.15, 0.2) is 0 Å².